The summed E-state index contributed by atoms with van der Waals surface area (Å²) in [7, 11) is 0. The van der Waals surface area contributed by atoms with E-state index < -0.39 is 17.7 Å². The highest BCUT2D eigenvalue weighted by atomic mass is 79.9. The second-order valence-electron chi connectivity index (χ2n) is 4.44. The maximum Gasteiger partial charge on any atom is 0.137 e. The maximum atomic E-state index is 14.2. The van der Waals surface area contributed by atoms with E-state index in [1.54, 1.807) is 18.2 Å². The Morgan fingerprint density at radius 2 is 1.81 bits per heavy atom. The van der Waals surface area contributed by atoms with Crippen LogP contribution in [-0.2, 0) is 0 Å². The second kappa shape index (κ2) is 7.18. The van der Waals surface area contributed by atoms with Crippen molar-refractivity contribution >= 4 is 43.5 Å². The fourth-order valence-electron chi connectivity index (χ4n) is 2.09. The summed E-state index contributed by atoms with van der Waals surface area (Å²) < 4.78 is 28.9. The third-order valence-corrected chi connectivity index (χ3v) is 4.47. The van der Waals surface area contributed by atoms with Gasteiger partial charge in [0.2, 0.25) is 0 Å². The van der Waals surface area contributed by atoms with Crippen molar-refractivity contribution in [2.45, 2.75) is 13.0 Å². The minimum absolute atomic E-state index is 0.0966. The molecule has 1 unspecified atom stereocenters. The van der Waals surface area contributed by atoms with E-state index in [-0.39, 0.29) is 10.0 Å². The van der Waals surface area contributed by atoms with Crippen LogP contribution >= 0.6 is 43.5 Å². The summed E-state index contributed by atoms with van der Waals surface area (Å²) in [5.74, 6) is -1.01. The van der Waals surface area contributed by atoms with Crippen LogP contribution in [0.25, 0.3) is 0 Å². The van der Waals surface area contributed by atoms with Crippen LogP contribution < -0.4 is 5.32 Å². The fourth-order valence-corrected chi connectivity index (χ4v) is 3.01. The highest BCUT2D eigenvalue weighted by Crippen LogP contribution is 2.33. The molecule has 0 saturated carbocycles. The first-order valence-electron chi connectivity index (χ1n) is 6.26. The SMILES string of the molecule is CCNC(c1cc(F)c(Br)cc1F)c1cc(Br)ccc1Cl. The number of hydrogen-bond acceptors (Lipinski definition) is 1. The van der Waals surface area contributed by atoms with Crippen LogP contribution in [0.15, 0.2) is 39.3 Å². The van der Waals surface area contributed by atoms with E-state index in [1.807, 2.05) is 6.92 Å². The van der Waals surface area contributed by atoms with Gasteiger partial charge < -0.3 is 5.32 Å². The monoisotopic (exact) mass is 437 g/mol. The van der Waals surface area contributed by atoms with Crippen molar-refractivity contribution in [3.8, 4) is 0 Å². The molecule has 0 aliphatic carbocycles. The van der Waals surface area contributed by atoms with E-state index in [2.05, 4.69) is 37.2 Å². The first-order chi connectivity index (χ1) is 9.93. The summed E-state index contributed by atoms with van der Waals surface area (Å²) in [6.07, 6.45) is 0. The molecule has 112 valence electrons. The summed E-state index contributed by atoms with van der Waals surface area (Å²) in [6.45, 7) is 2.48. The molecule has 0 aromatic heterocycles. The molecule has 1 N–H and O–H groups in total. The van der Waals surface area contributed by atoms with Crippen molar-refractivity contribution in [1.82, 2.24) is 5.32 Å². The highest BCUT2D eigenvalue weighted by Gasteiger charge is 2.21. The lowest BCUT2D eigenvalue weighted by atomic mass is 9.98. The van der Waals surface area contributed by atoms with Gasteiger partial charge in [-0.05, 0) is 58.4 Å². The Kier molecular flexibility index (Phi) is 5.77. The van der Waals surface area contributed by atoms with E-state index in [4.69, 9.17) is 11.6 Å². The van der Waals surface area contributed by atoms with E-state index in [1.165, 1.54) is 6.07 Å². The Bertz CT molecular complexity index is 664. The molecule has 0 saturated heterocycles. The molecule has 1 nitrogen and oxygen atoms in total. The molecule has 0 amide bonds. The third kappa shape index (κ3) is 3.83. The van der Waals surface area contributed by atoms with Gasteiger partial charge in [0.1, 0.15) is 11.6 Å². The average molecular weight is 440 g/mol. The third-order valence-electron chi connectivity index (χ3n) is 3.03. The first-order valence-corrected chi connectivity index (χ1v) is 8.23. The molecule has 2 aromatic carbocycles. The predicted molar refractivity (Wildman–Crippen MR) is 88.7 cm³/mol. The maximum absolute atomic E-state index is 14.2. The van der Waals surface area contributed by atoms with Crippen LogP contribution in [-0.4, -0.2) is 6.54 Å². The molecule has 0 aliphatic heterocycles. The average Bonchev–Trinajstić information content (AvgIpc) is 2.43. The zero-order chi connectivity index (χ0) is 15.6. The Labute approximate surface area is 144 Å². The van der Waals surface area contributed by atoms with Crippen LogP contribution in [0.4, 0.5) is 8.78 Å². The molecule has 2 aromatic rings. The van der Waals surface area contributed by atoms with Crippen LogP contribution in [0.3, 0.4) is 0 Å². The topological polar surface area (TPSA) is 12.0 Å². The van der Waals surface area contributed by atoms with Gasteiger partial charge >= 0.3 is 0 Å². The number of rotatable bonds is 4. The van der Waals surface area contributed by atoms with E-state index in [9.17, 15) is 8.78 Å². The van der Waals surface area contributed by atoms with Gasteiger partial charge in [0.05, 0.1) is 10.5 Å². The number of nitrogens with one attached hydrogen (secondary N) is 1. The Morgan fingerprint density at radius 1 is 1.10 bits per heavy atom. The molecular formula is C15H12Br2ClF2N. The van der Waals surface area contributed by atoms with E-state index in [0.29, 0.717) is 17.1 Å². The zero-order valence-corrected chi connectivity index (χ0v) is 15.0. The zero-order valence-electron chi connectivity index (χ0n) is 11.1. The fraction of sp³-hybridized carbons (Fsp3) is 0.200. The summed E-state index contributed by atoms with van der Waals surface area (Å²) in [5.41, 5.74) is 0.908. The smallest absolute Gasteiger partial charge is 0.137 e. The summed E-state index contributed by atoms with van der Waals surface area (Å²) in [5, 5.41) is 3.64. The molecule has 0 spiro atoms. The Balaban J connectivity index is 2.58. The standard InChI is InChI=1S/C15H12Br2ClF2N/c1-2-21-15(9-5-8(16)3-4-12(9)18)10-6-14(20)11(17)7-13(10)19/h3-7,15,21H,2H2,1H3. The van der Waals surface area contributed by atoms with Gasteiger partial charge in [-0.3, -0.25) is 0 Å². The van der Waals surface area contributed by atoms with Crippen molar-refractivity contribution < 1.29 is 8.78 Å². The van der Waals surface area contributed by atoms with E-state index >= 15 is 0 Å². The molecule has 21 heavy (non-hydrogen) atoms. The number of halogens is 5. The van der Waals surface area contributed by atoms with Crippen LogP contribution in [0.2, 0.25) is 5.02 Å². The predicted octanol–water partition coefficient (Wildman–Crippen LogP) is 5.84. The van der Waals surface area contributed by atoms with Gasteiger partial charge in [-0.25, -0.2) is 8.78 Å². The normalized spacial score (nSPS) is 12.5. The first kappa shape index (κ1) is 16.9. The van der Waals surface area contributed by atoms with Crippen LogP contribution in [0.1, 0.15) is 24.1 Å². The summed E-state index contributed by atoms with van der Waals surface area (Å²) >= 11 is 12.6. The molecular weight excluding hydrogens is 427 g/mol. The van der Waals surface area contributed by atoms with Gasteiger partial charge in [-0.1, -0.05) is 34.5 Å². The molecule has 0 heterocycles. The molecule has 0 aliphatic rings. The summed E-state index contributed by atoms with van der Waals surface area (Å²) in [4.78, 5) is 0. The largest absolute Gasteiger partial charge is 0.306 e. The minimum Gasteiger partial charge on any atom is -0.306 e. The molecule has 6 heteroatoms. The van der Waals surface area contributed by atoms with Crippen molar-refractivity contribution in [3.05, 3.63) is 67.1 Å². The van der Waals surface area contributed by atoms with Gasteiger partial charge in [0.25, 0.3) is 0 Å². The van der Waals surface area contributed by atoms with E-state index in [0.717, 1.165) is 10.5 Å². The van der Waals surface area contributed by atoms with Gasteiger partial charge in [-0.2, -0.15) is 0 Å². The lowest BCUT2D eigenvalue weighted by molar-refractivity contribution is 0.542. The lowest BCUT2D eigenvalue weighted by Gasteiger charge is -2.21. The van der Waals surface area contributed by atoms with Crippen molar-refractivity contribution in [3.63, 3.8) is 0 Å². The van der Waals surface area contributed by atoms with Crippen LogP contribution in [0.5, 0.6) is 0 Å². The second-order valence-corrected chi connectivity index (χ2v) is 6.62. The molecule has 2 rings (SSSR count). The molecule has 1 atom stereocenters. The van der Waals surface area contributed by atoms with Crippen molar-refractivity contribution in [1.29, 1.82) is 0 Å². The van der Waals surface area contributed by atoms with Crippen molar-refractivity contribution in [2.24, 2.45) is 0 Å². The van der Waals surface area contributed by atoms with Crippen LogP contribution in [0, 0.1) is 11.6 Å². The molecule has 0 bridgehead atoms. The molecule has 0 radical (unpaired) electrons. The lowest BCUT2D eigenvalue weighted by Crippen LogP contribution is -2.23. The summed E-state index contributed by atoms with van der Waals surface area (Å²) in [6, 6.07) is 7.11. The van der Waals surface area contributed by atoms with Gasteiger partial charge in [-0.15, -0.1) is 0 Å². The number of hydrogen-bond donors (Lipinski definition) is 1. The Hall–Kier alpha value is -0.490. The highest BCUT2D eigenvalue weighted by molar-refractivity contribution is 9.10. The Morgan fingerprint density at radius 3 is 2.48 bits per heavy atom. The number of benzene rings is 2. The molecule has 0 fully saturated rings. The minimum atomic E-state index is -0.525. The van der Waals surface area contributed by atoms with Gasteiger partial charge in [0.15, 0.2) is 0 Å². The quantitative estimate of drug-likeness (QED) is 0.590. The van der Waals surface area contributed by atoms with Crippen molar-refractivity contribution in [2.75, 3.05) is 6.54 Å². The van der Waals surface area contributed by atoms with Gasteiger partial charge in [0, 0.05) is 15.1 Å².